The molecule has 0 amide bonds. The Kier molecular flexibility index (Phi) is 16.3. The van der Waals surface area contributed by atoms with Crippen molar-refractivity contribution in [3.63, 3.8) is 0 Å². The van der Waals surface area contributed by atoms with E-state index in [-0.39, 0.29) is 32.6 Å². The number of aryl methyl sites for hydroxylation is 2. The summed E-state index contributed by atoms with van der Waals surface area (Å²) < 4.78 is 6.76. The number of aromatic nitrogens is 2. The molecule has 0 aliphatic carbocycles. The zero-order valence-corrected chi connectivity index (χ0v) is 26.8. The topological polar surface area (TPSA) is 124 Å². The summed E-state index contributed by atoms with van der Waals surface area (Å²) in [6, 6.07) is 17.7. The normalized spacial score (nSPS) is 9.55. The lowest BCUT2D eigenvalue weighted by atomic mass is 10.1. The minimum Gasteiger partial charge on any atom is -0.478 e. The molecule has 0 aliphatic rings. The van der Waals surface area contributed by atoms with Crippen LogP contribution in [0.1, 0.15) is 61.4 Å². The summed E-state index contributed by atoms with van der Waals surface area (Å²) in [7, 11) is 0. The molecular formula is C31H31Br3N2O6. The highest BCUT2D eigenvalue weighted by Crippen LogP contribution is 2.14. The van der Waals surface area contributed by atoms with Gasteiger partial charge in [0.15, 0.2) is 18.2 Å². The van der Waals surface area contributed by atoms with Gasteiger partial charge >= 0.3 is 11.9 Å². The van der Waals surface area contributed by atoms with Crippen LogP contribution >= 0.6 is 47.8 Å². The number of carboxylic acid groups (broad SMARTS) is 1. The molecule has 222 valence electrons. The third-order valence-corrected chi connectivity index (χ3v) is 6.77. The van der Waals surface area contributed by atoms with Gasteiger partial charge in [-0.1, -0.05) is 79.5 Å². The van der Waals surface area contributed by atoms with Crippen LogP contribution in [0.3, 0.4) is 0 Å². The Morgan fingerprint density at radius 3 is 1.67 bits per heavy atom. The predicted octanol–water partition coefficient (Wildman–Crippen LogP) is 8.19. The fourth-order valence-electron chi connectivity index (χ4n) is 3.06. The number of pyridine rings is 2. The number of benzene rings is 2. The summed E-state index contributed by atoms with van der Waals surface area (Å²) in [5, 5.41) is 8.90. The van der Waals surface area contributed by atoms with Crippen LogP contribution in [0.15, 0.2) is 94.4 Å². The summed E-state index contributed by atoms with van der Waals surface area (Å²) in [5.41, 5.74) is 3.37. The molecule has 0 radical (unpaired) electrons. The van der Waals surface area contributed by atoms with E-state index in [2.05, 4.69) is 57.8 Å². The van der Waals surface area contributed by atoms with Crippen LogP contribution in [0.25, 0.3) is 0 Å². The molecule has 8 nitrogen and oxygen atoms in total. The average molecular weight is 768 g/mol. The second-order valence-electron chi connectivity index (χ2n) is 8.26. The number of ketones is 2. The standard InChI is InChI=1S/C15H12BrNO3.C8H6Br2O.C7H7NO2.CH4.H2/c1-10-5-6-17-8-13(10)15(19)20-9-14(18)11-3-2-4-12(16)7-11;9-5-8(11)6-2-1-3-7(10)4-6;1-5-2-3-8-4-6(5)7(9)10;;/h2-8H,9H2,1H3;1-4H,5H2;2-4H,1H3,(H,9,10);1H4;1H/i;;;;1+1. The minimum atomic E-state index is -0.925. The molecule has 0 fully saturated rings. The van der Waals surface area contributed by atoms with Crippen molar-refractivity contribution in [1.29, 1.82) is 0 Å². The highest BCUT2D eigenvalue weighted by molar-refractivity contribution is 9.10. The van der Waals surface area contributed by atoms with Crippen molar-refractivity contribution in [2.45, 2.75) is 21.3 Å². The third-order valence-electron chi connectivity index (χ3n) is 5.28. The van der Waals surface area contributed by atoms with Gasteiger partial charge in [-0.3, -0.25) is 19.6 Å². The molecule has 0 unspecified atom stereocenters. The summed E-state index contributed by atoms with van der Waals surface area (Å²) >= 11 is 9.69. The maximum absolute atomic E-state index is 11.9. The van der Waals surface area contributed by atoms with Gasteiger partial charge < -0.3 is 9.84 Å². The van der Waals surface area contributed by atoms with Gasteiger partial charge in [-0.15, -0.1) is 0 Å². The van der Waals surface area contributed by atoms with Crippen molar-refractivity contribution in [1.82, 2.24) is 9.97 Å². The number of Topliss-reactive ketones (excluding diaryl/α,β-unsaturated/α-hetero) is 2. The number of hydrogen-bond donors (Lipinski definition) is 1. The molecule has 4 rings (SSSR count). The maximum atomic E-state index is 11.9. The van der Waals surface area contributed by atoms with Crippen LogP contribution in [0.5, 0.6) is 0 Å². The molecule has 0 atom stereocenters. The van der Waals surface area contributed by atoms with E-state index in [0.29, 0.717) is 16.5 Å². The highest BCUT2D eigenvalue weighted by atomic mass is 79.9. The molecule has 2 aromatic heterocycles. The summed E-state index contributed by atoms with van der Waals surface area (Å²) in [6.07, 6.45) is 5.94. The number of carbonyl (C=O) groups excluding carboxylic acids is 3. The number of halogens is 3. The number of carboxylic acids is 1. The number of nitrogens with zero attached hydrogens (tertiary/aromatic N) is 2. The molecule has 0 bridgehead atoms. The zero-order chi connectivity index (χ0) is 30.4. The van der Waals surface area contributed by atoms with Crippen molar-refractivity contribution in [3.8, 4) is 0 Å². The van der Waals surface area contributed by atoms with E-state index in [1.54, 1.807) is 62.6 Å². The largest absolute Gasteiger partial charge is 0.478 e. The minimum absolute atomic E-state index is 0. The van der Waals surface area contributed by atoms with Crippen molar-refractivity contribution < 1.29 is 30.4 Å². The molecular weight excluding hydrogens is 736 g/mol. The van der Waals surface area contributed by atoms with Gasteiger partial charge in [-0.2, -0.15) is 0 Å². The number of alkyl halides is 1. The molecule has 0 saturated heterocycles. The van der Waals surface area contributed by atoms with E-state index in [9.17, 15) is 19.2 Å². The van der Waals surface area contributed by atoms with Crippen LogP contribution in [-0.2, 0) is 4.74 Å². The predicted molar refractivity (Wildman–Crippen MR) is 175 cm³/mol. The molecule has 4 aromatic rings. The second kappa shape index (κ2) is 18.8. The molecule has 1 N–H and O–H groups in total. The van der Waals surface area contributed by atoms with Crippen LogP contribution in [0, 0.1) is 13.8 Å². The highest BCUT2D eigenvalue weighted by Gasteiger charge is 2.14. The van der Waals surface area contributed by atoms with Crippen LogP contribution in [0.2, 0.25) is 0 Å². The Balaban J connectivity index is 0.000000655. The van der Waals surface area contributed by atoms with E-state index < -0.39 is 11.9 Å². The van der Waals surface area contributed by atoms with E-state index in [4.69, 9.17) is 9.84 Å². The first-order valence-corrected chi connectivity index (χ1v) is 14.6. The number of carbonyl (C=O) groups is 4. The second-order valence-corrected chi connectivity index (χ2v) is 10.7. The smallest absolute Gasteiger partial charge is 0.340 e. The molecule has 0 aliphatic heterocycles. The molecule has 2 heterocycles. The monoisotopic (exact) mass is 765 g/mol. The van der Waals surface area contributed by atoms with Crippen LogP contribution in [0.4, 0.5) is 0 Å². The lowest BCUT2D eigenvalue weighted by molar-refractivity contribution is 0.0473. The van der Waals surface area contributed by atoms with Crippen molar-refractivity contribution in [3.05, 3.63) is 128 Å². The first-order chi connectivity index (χ1) is 19.5. The Bertz CT molecular complexity index is 1530. The SMILES string of the molecule is C.Cc1ccncc1C(=O)O.Cc1ccncc1C(=O)OCC(=O)c1cccc(Br)c1.O=C(CBr)c1cccc(Br)c1.[2HH]. The average Bonchev–Trinajstić information content (AvgIpc) is 2.96. The summed E-state index contributed by atoms with van der Waals surface area (Å²) in [4.78, 5) is 52.8. The van der Waals surface area contributed by atoms with Gasteiger partial charge in [0.2, 0.25) is 0 Å². The lowest BCUT2D eigenvalue weighted by Crippen LogP contribution is -2.15. The van der Waals surface area contributed by atoms with Crippen LogP contribution in [-0.4, -0.2) is 50.5 Å². The number of rotatable bonds is 7. The fourth-order valence-corrected chi connectivity index (χ4v) is 4.18. The van der Waals surface area contributed by atoms with Gasteiger partial charge in [-0.05, 0) is 61.4 Å². The molecule has 0 saturated carbocycles. The number of hydrogen-bond acceptors (Lipinski definition) is 7. The first-order valence-electron chi connectivity index (χ1n) is 11.9. The van der Waals surface area contributed by atoms with Crippen molar-refractivity contribution >= 4 is 71.3 Å². The number of esters is 1. The van der Waals surface area contributed by atoms with E-state index >= 15 is 0 Å². The Hall–Kier alpha value is -3.54. The number of aromatic carboxylic acids is 1. The quantitative estimate of drug-likeness (QED) is 0.114. The van der Waals surface area contributed by atoms with Gasteiger partial charge in [0.05, 0.1) is 16.5 Å². The van der Waals surface area contributed by atoms with Crippen molar-refractivity contribution in [2.75, 3.05) is 11.9 Å². The van der Waals surface area contributed by atoms with E-state index in [1.165, 1.54) is 12.4 Å². The summed E-state index contributed by atoms with van der Waals surface area (Å²) in [5.74, 6) is -1.61. The van der Waals surface area contributed by atoms with Gasteiger partial charge in [-0.25, -0.2) is 9.59 Å². The Labute approximate surface area is 271 Å². The van der Waals surface area contributed by atoms with Gasteiger partial charge in [0.25, 0.3) is 0 Å². The van der Waals surface area contributed by atoms with E-state index in [1.807, 2.05) is 24.3 Å². The van der Waals surface area contributed by atoms with Crippen molar-refractivity contribution in [2.24, 2.45) is 0 Å². The van der Waals surface area contributed by atoms with Crippen LogP contribution < -0.4 is 0 Å². The molecule has 2 aromatic carbocycles. The zero-order valence-electron chi connectivity index (χ0n) is 22.0. The summed E-state index contributed by atoms with van der Waals surface area (Å²) in [6.45, 7) is 3.24. The lowest BCUT2D eigenvalue weighted by Gasteiger charge is -2.06. The maximum Gasteiger partial charge on any atom is 0.340 e. The van der Waals surface area contributed by atoms with Gasteiger partial charge in [0.1, 0.15) is 0 Å². The first kappa shape index (κ1) is 36.5. The molecule has 11 heteroatoms. The number of ether oxygens (including phenoxy) is 1. The third kappa shape index (κ3) is 12.1. The molecule has 0 spiro atoms. The Morgan fingerprint density at radius 2 is 1.26 bits per heavy atom. The Morgan fingerprint density at radius 1 is 0.786 bits per heavy atom. The molecule has 42 heavy (non-hydrogen) atoms. The van der Waals surface area contributed by atoms with E-state index in [0.717, 1.165) is 25.6 Å². The fraction of sp³-hybridized carbons (Fsp3) is 0.161. The van der Waals surface area contributed by atoms with Gasteiger partial charge in [0, 0.05) is 46.3 Å².